The molecule has 0 aliphatic rings. The topological polar surface area (TPSA) is 128 Å². The Morgan fingerprint density at radius 1 is 0.971 bits per heavy atom. The van der Waals surface area contributed by atoms with Gasteiger partial charge in [0.25, 0.3) is 17.4 Å². The van der Waals surface area contributed by atoms with Crippen LogP contribution < -0.4 is 16.2 Å². The Kier molecular flexibility index (Phi) is 6.17. The van der Waals surface area contributed by atoms with Crippen molar-refractivity contribution in [3.63, 3.8) is 0 Å². The number of carbonyl (C=O) groups excluding carboxylic acids is 2. The molecule has 35 heavy (non-hydrogen) atoms. The van der Waals surface area contributed by atoms with E-state index in [4.69, 9.17) is 0 Å². The van der Waals surface area contributed by atoms with Crippen molar-refractivity contribution >= 4 is 34.1 Å². The molecule has 2 amide bonds. The van der Waals surface area contributed by atoms with Gasteiger partial charge in [-0.05, 0) is 74.4 Å². The molecule has 0 radical (unpaired) electrons. The lowest BCUT2D eigenvalue weighted by molar-refractivity contribution is 0.101. The van der Waals surface area contributed by atoms with Crippen LogP contribution >= 0.6 is 0 Å². The van der Waals surface area contributed by atoms with Crippen molar-refractivity contribution in [2.45, 2.75) is 26.2 Å². The Morgan fingerprint density at radius 3 is 2.49 bits per heavy atom. The molecular formula is C27H23N5O3. The summed E-state index contributed by atoms with van der Waals surface area (Å²) in [5.74, 6) is -0.726. The van der Waals surface area contributed by atoms with Gasteiger partial charge in [-0.25, -0.2) is 4.98 Å². The highest BCUT2D eigenvalue weighted by atomic mass is 16.2. The fourth-order valence-electron chi connectivity index (χ4n) is 3.56. The summed E-state index contributed by atoms with van der Waals surface area (Å²) in [6.07, 6.45) is 1.31. The Balaban J connectivity index is 1.55. The number of anilines is 2. The van der Waals surface area contributed by atoms with E-state index in [0.29, 0.717) is 33.4 Å². The van der Waals surface area contributed by atoms with Gasteiger partial charge in [0.15, 0.2) is 0 Å². The molecule has 0 aliphatic heterocycles. The summed E-state index contributed by atoms with van der Waals surface area (Å²) < 4.78 is 0. The van der Waals surface area contributed by atoms with Crippen LogP contribution in [0.3, 0.4) is 0 Å². The van der Waals surface area contributed by atoms with Crippen molar-refractivity contribution in [2.75, 3.05) is 10.6 Å². The standard InChI is InChI=1S/C27H23N5O3/c1-16-7-9-20(31-24(33)17-5-4-6-19(11-17)27(2,3)14-28)13-23(16)32-25(34)18-8-10-22-21(12-18)26(35)30-15-29-22/h4-13,15H,1-3H3,(H,31,33)(H,32,34)(H,29,30,35). The van der Waals surface area contributed by atoms with E-state index in [1.165, 1.54) is 12.4 Å². The minimum Gasteiger partial charge on any atom is -0.322 e. The normalized spacial score (nSPS) is 11.0. The fourth-order valence-corrected chi connectivity index (χ4v) is 3.56. The Labute approximate surface area is 201 Å². The predicted molar refractivity (Wildman–Crippen MR) is 135 cm³/mol. The molecule has 0 saturated heterocycles. The first-order chi connectivity index (χ1) is 16.7. The molecule has 1 aromatic heterocycles. The maximum atomic E-state index is 12.9. The van der Waals surface area contributed by atoms with Crippen LogP contribution in [0.5, 0.6) is 0 Å². The van der Waals surface area contributed by atoms with Crippen molar-refractivity contribution in [3.05, 3.63) is 99.6 Å². The number of fused-ring (bicyclic) bond motifs is 1. The fraction of sp³-hybridized carbons (Fsp3) is 0.148. The highest BCUT2D eigenvalue weighted by Gasteiger charge is 2.21. The van der Waals surface area contributed by atoms with E-state index >= 15 is 0 Å². The lowest BCUT2D eigenvalue weighted by Gasteiger charge is -2.17. The summed E-state index contributed by atoms with van der Waals surface area (Å²) in [5.41, 5.74) is 2.74. The van der Waals surface area contributed by atoms with E-state index in [0.717, 1.165) is 11.1 Å². The van der Waals surface area contributed by atoms with Crippen LogP contribution in [0.1, 0.15) is 45.7 Å². The van der Waals surface area contributed by atoms with Gasteiger partial charge in [-0.15, -0.1) is 0 Å². The molecular weight excluding hydrogens is 442 g/mol. The molecule has 8 nitrogen and oxygen atoms in total. The highest BCUT2D eigenvalue weighted by Crippen LogP contribution is 2.25. The molecule has 0 atom stereocenters. The van der Waals surface area contributed by atoms with Crippen LogP contribution in [0.4, 0.5) is 11.4 Å². The van der Waals surface area contributed by atoms with Crippen LogP contribution in [0.25, 0.3) is 10.9 Å². The molecule has 3 aromatic carbocycles. The first-order valence-corrected chi connectivity index (χ1v) is 10.9. The van der Waals surface area contributed by atoms with Crippen molar-refractivity contribution in [2.24, 2.45) is 0 Å². The summed E-state index contributed by atoms with van der Waals surface area (Å²) in [4.78, 5) is 44.4. The van der Waals surface area contributed by atoms with Crippen LogP contribution in [-0.2, 0) is 5.41 Å². The molecule has 0 saturated carbocycles. The highest BCUT2D eigenvalue weighted by molar-refractivity contribution is 6.08. The van der Waals surface area contributed by atoms with Gasteiger partial charge in [0.05, 0.1) is 28.7 Å². The summed E-state index contributed by atoms with van der Waals surface area (Å²) in [6, 6.07) is 19.1. The van der Waals surface area contributed by atoms with E-state index < -0.39 is 11.3 Å². The molecule has 8 heteroatoms. The summed E-state index contributed by atoms with van der Waals surface area (Å²) in [5, 5.41) is 15.4. The second kappa shape index (κ2) is 9.23. The number of carbonyl (C=O) groups is 2. The van der Waals surface area contributed by atoms with Gasteiger partial charge in [-0.3, -0.25) is 14.4 Å². The largest absolute Gasteiger partial charge is 0.322 e. The van der Waals surface area contributed by atoms with E-state index in [1.807, 2.05) is 13.0 Å². The second-order valence-electron chi connectivity index (χ2n) is 8.72. The minimum atomic E-state index is -0.721. The number of nitrogens with one attached hydrogen (secondary N) is 3. The van der Waals surface area contributed by atoms with E-state index in [1.54, 1.807) is 62.4 Å². The van der Waals surface area contributed by atoms with E-state index in [9.17, 15) is 19.6 Å². The van der Waals surface area contributed by atoms with E-state index in [-0.39, 0.29) is 11.5 Å². The minimum absolute atomic E-state index is 0.307. The third kappa shape index (κ3) is 4.94. The van der Waals surface area contributed by atoms with E-state index in [2.05, 4.69) is 26.7 Å². The Morgan fingerprint density at radius 2 is 1.71 bits per heavy atom. The number of aromatic amines is 1. The number of hydrogen-bond acceptors (Lipinski definition) is 5. The molecule has 0 aliphatic carbocycles. The maximum Gasteiger partial charge on any atom is 0.258 e. The number of H-pyrrole nitrogens is 1. The molecule has 4 rings (SSSR count). The van der Waals surface area contributed by atoms with Crippen LogP contribution in [-0.4, -0.2) is 21.8 Å². The molecule has 4 aromatic rings. The van der Waals surface area contributed by atoms with Gasteiger partial charge in [0, 0.05) is 22.5 Å². The third-order valence-electron chi connectivity index (χ3n) is 5.77. The van der Waals surface area contributed by atoms with Crippen LogP contribution in [0.15, 0.2) is 71.8 Å². The Bertz CT molecular complexity index is 1560. The molecule has 0 bridgehead atoms. The molecule has 0 unspecified atom stereocenters. The zero-order valence-electron chi connectivity index (χ0n) is 19.5. The number of amides is 2. The smallest absolute Gasteiger partial charge is 0.258 e. The average molecular weight is 466 g/mol. The second-order valence-corrected chi connectivity index (χ2v) is 8.72. The zero-order valence-corrected chi connectivity index (χ0v) is 19.5. The number of nitrogens with zero attached hydrogens (tertiary/aromatic N) is 2. The van der Waals surface area contributed by atoms with Gasteiger partial charge in [-0.2, -0.15) is 5.26 Å². The van der Waals surface area contributed by atoms with Gasteiger partial charge >= 0.3 is 0 Å². The van der Waals surface area contributed by atoms with Gasteiger partial charge < -0.3 is 15.6 Å². The number of aromatic nitrogens is 2. The molecule has 174 valence electrons. The monoisotopic (exact) mass is 465 g/mol. The summed E-state index contributed by atoms with van der Waals surface area (Å²) >= 11 is 0. The van der Waals surface area contributed by atoms with Crippen LogP contribution in [0.2, 0.25) is 0 Å². The number of nitriles is 1. The number of rotatable bonds is 5. The number of aryl methyl sites for hydroxylation is 1. The number of hydrogen-bond donors (Lipinski definition) is 3. The summed E-state index contributed by atoms with van der Waals surface area (Å²) in [6.45, 7) is 5.42. The van der Waals surface area contributed by atoms with Gasteiger partial charge in [-0.1, -0.05) is 18.2 Å². The van der Waals surface area contributed by atoms with Crippen molar-refractivity contribution in [3.8, 4) is 6.07 Å². The lowest BCUT2D eigenvalue weighted by atomic mass is 9.85. The SMILES string of the molecule is Cc1ccc(NC(=O)c2cccc(C(C)(C)C#N)c2)cc1NC(=O)c1ccc2nc[nH]c(=O)c2c1. The first kappa shape index (κ1) is 23.4. The third-order valence-corrected chi connectivity index (χ3v) is 5.77. The van der Waals surface area contributed by atoms with Crippen LogP contribution in [0, 0.1) is 18.3 Å². The molecule has 0 spiro atoms. The Hall–Kier alpha value is -4.77. The maximum absolute atomic E-state index is 12.9. The van der Waals surface area contributed by atoms with Crippen molar-refractivity contribution in [1.82, 2.24) is 9.97 Å². The van der Waals surface area contributed by atoms with Gasteiger partial charge in [0.2, 0.25) is 0 Å². The quantitative estimate of drug-likeness (QED) is 0.399. The molecule has 0 fully saturated rings. The molecule has 3 N–H and O–H groups in total. The van der Waals surface area contributed by atoms with Crippen molar-refractivity contribution in [1.29, 1.82) is 5.26 Å². The predicted octanol–water partition coefficient (Wildman–Crippen LogP) is 4.54. The average Bonchev–Trinajstić information content (AvgIpc) is 2.86. The lowest BCUT2D eigenvalue weighted by Crippen LogP contribution is -2.17. The number of benzene rings is 3. The molecule has 1 heterocycles. The van der Waals surface area contributed by atoms with Gasteiger partial charge in [0.1, 0.15) is 0 Å². The zero-order chi connectivity index (χ0) is 25.2. The van der Waals surface area contributed by atoms with Crippen molar-refractivity contribution < 1.29 is 9.59 Å². The first-order valence-electron chi connectivity index (χ1n) is 10.9. The summed E-state index contributed by atoms with van der Waals surface area (Å²) in [7, 11) is 0.